The van der Waals surface area contributed by atoms with E-state index in [1.807, 2.05) is 6.20 Å². The number of aromatic amines is 1. The molecule has 0 radical (unpaired) electrons. The lowest BCUT2D eigenvalue weighted by Crippen LogP contribution is -2.22. The molecule has 0 amide bonds. The summed E-state index contributed by atoms with van der Waals surface area (Å²) >= 11 is 0. The van der Waals surface area contributed by atoms with E-state index in [1.165, 1.54) is 35.9 Å². The first-order valence-electron chi connectivity index (χ1n) is 6.19. The number of nitrogens with zero attached hydrogens (tertiary/aromatic N) is 1. The molecule has 2 nitrogen and oxygen atoms in total. The Morgan fingerprint density at radius 1 is 1.38 bits per heavy atom. The Morgan fingerprint density at radius 3 is 3.19 bits per heavy atom. The van der Waals surface area contributed by atoms with Crippen LogP contribution in [0.3, 0.4) is 0 Å². The van der Waals surface area contributed by atoms with Gasteiger partial charge in [-0.2, -0.15) is 0 Å². The van der Waals surface area contributed by atoms with Crippen LogP contribution in [0.2, 0.25) is 0 Å². The minimum Gasteiger partial charge on any atom is -0.361 e. The Balaban J connectivity index is 1.98. The van der Waals surface area contributed by atoms with Gasteiger partial charge in [-0.05, 0) is 55.1 Å². The van der Waals surface area contributed by atoms with Gasteiger partial charge in [0.1, 0.15) is 0 Å². The van der Waals surface area contributed by atoms with Crippen LogP contribution in [0.5, 0.6) is 0 Å². The molecule has 1 atom stereocenters. The summed E-state index contributed by atoms with van der Waals surface area (Å²) < 4.78 is 0. The normalized spacial score (nSPS) is 21.9. The van der Waals surface area contributed by atoms with Crippen LogP contribution < -0.4 is 0 Å². The molecule has 1 aromatic carbocycles. The lowest BCUT2D eigenvalue weighted by molar-refractivity contribution is 0.272. The molecule has 0 spiro atoms. The molecule has 3 rings (SSSR count). The third kappa shape index (κ3) is 1.54. The third-order valence-corrected chi connectivity index (χ3v) is 3.73. The first kappa shape index (κ1) is 9.91. The number of benzene rings is 1. The maximum atomic E-state index is 3.25. The minimum atomic E-state index is 0.643. The van der Waals surface area contributed by atoms with Crippen molar-refractivity contribution in [3.63, 3.8) is 0 Å². The number of likely N-dealkylation sites (tertiary alicyclic amines) is 1. The van der Waals surface area contributed by atoms with E-state index in [1.54, 1.807) is 0 Å². The second-order valence-corrected chi connectivity index (χ2v) is 4.61. The van der Waals surface area contributed by atoms with Crippen LogP contribution in [0.4, 0.5) is 0 Å². The van der Waals surface area contributed by atoms with E-state index >= 15 is 0 Å². The predicted octanol–water partition coefficient (Wildman–Crippen LogP) is 3.32. The van der Waals surface area contributed by atoms with Crippen molar-refractivity contribution in [1.82, 2.24) is 9.88 Å². The fraction of sp³-hybridized carbons (Fsp3) is 0.429. The average molecular weight is 214 g/mol. The summed E-state index contributed by atoms with van der Waals surface area (Å²) in [6.45, 7) is 4.68. The van der Waals surface area contributed by atoms with Gasteiger partial charge in [-0.25, -0.2) is 0 Å². The molecule has 1 saturated heterocycles. The first-order valence-corrected chi connectivity index (χ1v) is 6.19. The highest BCUT2D eigenvalue weighted by Crippen LogP contribution is 2.32. The number of H-pyrrole nitrogens is 1. The van der Waals surface area contributed by atoms with Crippen molar-refractivity contribution in [2.45, 2.75) is 25.8 Å². The van der Waals surface area contributed by atoms with Crippen molar-refractivity contribution in [2.24, 2.45) is 0 Å². The van der Waals surface area contributed by atoms with Gasteiger partial charge in [-0.15, -0.1) is 0 Å². The highest BCUT2D eigenvalue weighted by atomic mass is 15.2. The second-order valence-electron chi connectivity index (χ2n) is 4.61. The Hall–Kier alpha value is -1.28. The smallest absolute Gasteiger partial charge is 0.0454 e. The van der Waals surface area contributed by atoms with Gasteiger partial charge >= 0.3 is 0 Å². The lowest BCUT2D eigenvalue weighted by Gasteiger charge is -2.23. The summed E-state index contributed by atoms with van der Waals surface area (Å²) in [5.74, 6) is 0. The molecule has 0 aliphatic carbocycles. The Morgan fingerprint density at radius 2 is 2.31 bits per heavy atom. The van der Waals surface area contributed by atoms with Gasteiger partial charge in [-0.1, -0.05) is 13.0 Å². The van der Waals surface area contributed by atoms with Gasteiger partial charge in [0.15, 0.2) is 0 Å². The van der Waals surface area contributed by atoms with Crippen LogP contribution in [0.25, 0.3) is 10.9 Å². The van der Waals surface area contributed by atoms with Crippen LogP contribution in [0.15, 0.2) is 30.5 Å². The van der Waals surface area contributed by atoms with E-state index in [2.05, 4.69) is 41.1 Å². The van der Waals surface area contributed by atoms with Gasteiger partial charge in [0, 0.05) is 17.8 Å². The maximum Gasteiger partial charge on any atom is 0.0454 e. The summed E-state index contributed by atoms with van der Waals surface area (Å²) in [6, 6.07) is 9.62. The van der Waals surface area contributed by atoms with E-state index in [4.69, 9.17) is 0 Å². The van der Waals surface area contributed by atoms with Gasteiger partial charge in [-0.3, -0.25) is 4.90 Å². The van der Waals surface area contributed by atoms with E-state index < -0.39 is 0 Å². The number of fused-ring (bicyclic) bond motifs is 1. The highest BCUT2D eigenvalue weighted by molar-refractivity contribution is 5.80. The number of hydrogen-bond acceptors (Lipinski definition) is 1. The molecule has 84 valence electrons. The molecular weight excluding hydrogens is 196 g/mol. The molecule has 1 aliphatic heterocycles. The maximum absolute atomic E-state index is 3.25. The summed E-state index contributed by atoms with van der Waals surface area (Å²) in [7, 11) is 0. The fourth-order valence-electron chi connectivity index (χ4n) is 2.86. The van der Waals surface area contributed by atoms with Crippen LogP contribution >= 0.6 is 0 Å². The fourth-order valence-corrected chi connectivity index (χ4v) is 2.86. The van der Waals surface area contributed by atoms with Crippen molar-refractivity contribution < 1.29 is 0 Å². The molecule has 0 saturated carbocycles. The summed E-state index contributed by atoms with van der Waals surface area (Å²) in [4.78, 5) is 5.83. The quantitative estimate of drug-likeness (QED) is 0.812. The zero-order valence-corrected chi connectivity index (χ0v) is 9.74. The van der Waals surface area contributed by atoms with Crippen molar-refractivity contribution in [3.05, 3.63) is 36.0 Å². The van der Waals surface area contributed by atoms with Gasteiger partial charge < -0.3 is 4.98 Å². The van der Waals surface area contributed by atoms with E-state index in [0.29, 0.717) is 6.04 Å². The van der Waals surface area contributed by atoms with Gasteiger partial charge in [0.05, 0.1) is 0 Å². The Labute approximate surface area is 96.3 Å². The van der Waals surface area contributed by atoms with E-state index in [0.717, 1.165) is 6.54 Å². The SMILES string of the molecule is CCN1CCC[C@H]1c1ccc2[nH]ccc2c1. The zero-order chi connectivity index (χ0) is 11.0. The standard InChI is InChI=1S/C14H18N2/c1-2-16-9-3-4-14(16)12-5-6-13-11(10-12)7-8-15-13/h5-8,10,14-15H,2-4,9H2,1H3/t14-/m0/s1. The summed E-state index contributed by atoms with van der Waals surface area (Å²) in [5.41, 5.74) is 2.72. The molecule has 1 aromatic heterocycles. The second kappa shape index (κ2) is 3.95. The van der Waals surface area contributed by atoms with Crippen LogP contribution in [-0.4, -0.2) is 23.0 Å². The molecule has 1 N–H and O–H groups in total. The van der Waals surface area contributed by atoms with E-state index in [-0.39, 0.29) is 0 Å². The first-order chi connectivity index (χ1) is 7.88. The Kier molecular flexibility index (Phi) is 2.44. The number of aromatic nitrogens is 1. The molecule has 2 aromatic rings. The molecule has 1 fully saturated rings. The molecule has 2 heteroatoms. The number of rotatable bonds is 2. The molecule has 1 aliphatic rings. The molecule has 16 heavy (non-hydrogen) atoms. The minimum absolute atomic E-state index is 0.643. The van der Waals surface area contributed by atoms with Crippen molar-refractivity contribution in [3.8, 4) is 0 Å². The third-order valence-electron chi connectivity index (χ3n) is 3.73. The zero-order valence-electron chi connectivity index (χ0n) is 9.74. The summed E-state index contributed by atoms with van der Waals surface area (Å²) in [5, 5.41) is 1.33. The topological polar surface area (TPSA) is 19.0 Å². The molecular formula is C14H18N2. The number of hydrogen-bond donors (Lipinski definition) is 1. The van der Waals surface area contributed by atoms with Crippen LogP contribution in [0.1, 0.15) is 31.4 Å². The van der Waals surface area contributed by atoms with Gasteiger partial charge in [0.25, 0.3) is 0 Å². The lowest BCUT2D eigenvalue weighted by atomic mass is 10.0. The molecule has 2 heterocycles. The summed E-state index contributed by atoms with van der Waals surface area (Å²) in [6.07, 6.45) is 4.66. The van der Waals surface area contributed by atoms with Crippen molar-refractivity contribution in [2.75, 3.05) is 13.1 Å². The van der Waals surface area contributed by atoms with Crippen LogP contribution in [-0.2, 0) is 0 Å². The average Bonchev–Trinajstić information content (AvgIpc) is 2.96. The Bertz CT molecular complexity index is 486. The van der Waals surface area contributed by atoms with Crippen LogP contribution in [0, 0.1) is 0 Å². The van der Waals surface area contributed by atoms with Crippen molar-refractivity contribution in [1.29, 1.82) is 0 Å². The molecule has 0 unspecified atom stereocenters. The largest absolute Gasteiger partial charge is 0.361 e. The number of nitrogens with one attached hydrogen (secondary N) is 1. The van der Waals surface area contributed by atoms with Gasteiger partial charge in [0.2, 0.25) is 0 Å². The molecule has 0 bridgehead atoms. The monoisotopic (exact) mass is 214 g/mol. The highest BCUT2D eigenvalue weighted by Gasteiger charge is 2.24. The predicted molar refractivity (Wildman–Crippen MR) is 67.5 cm³/mol. The van der Waals surface area contributed by atoms with E-state index in [9.17, 15) is 0 Å². The van der Waals surface area contributed by atoms with Crippen molar-refractivity contribution >= 4 is 10.9 Å².